The number of nitrogens with zero attached hydrogens (tertiary/aromatic N) is 3. The van der Waals surface area contributed by atoms with Crippen LogP contribution in [0.2, 0.25) is 5.15 Å². The number of hydrogen-bond donors (Lipinski definition) is 1. The number of piperidine rings is 1. The Kier molecular flexibility index (Phi) is 5.10. The molecule has 120 valence electrons. The van der Waals surface area contributed by atoms with Gasteiger partial charge < -0.3 is 15.0 Å². The molecule has 1 amide bonds. The first-order chi connectivity index (χ1) is 10.7. The number of carbonyl (C=O) groups excluding carboxylic acids is 1. The summed E-state index contributed by atoms with van der Waals surface area (Å²) in [6, 6.07) is 3.61. The van der Waals surface area contributed by atoms with E-state index in [9.17, 15) is 4.79 Å². The number of ether oxygens (including phenoxy) is 1. The molecule has 0 spiro atoms. The molecule has 0 bridgehead atoms. The second-order valence-corrected chi connectivity index (χ2v) is 6.24. The fourth-order valence-corrected chi connectivity index (χ4v) is 3.11. The van der Waals surface area contributed by atoms with Gasteiger partial charge in [0.2, 0.25) is 5.91 Å². The molecule has 3 rings (SSSR count). The van der Waals surface area contributed by atoms with Crippen LogP contribution < -0.4 is 10.2 Å². The fraction of sp³-hybridized carbons (Fsp3) is 0.667. The van der Waals surface area contributed by atoms with E-state index in [-0.39, 0.29) is 17.9 Å². The predicted octanol–water partition coefficient (Wildman–Crippen LogP) is 1.64. The highest BCUT2D eigenvalue weighted by Crippen LogP contribution is 2.22. The molecule has 3 heterocycles. The molecule has 2 saturated heterocycles. The predicted molar refractivity (Wildman–Crippen MR) is 84.0 cm³/mol. The number of nitrogens with one attached hydrogen (secondary N) is 1. The van der Waals surface area contributed by atoms with Gasteiger partial charge >= 0.3 is 0 Å². The van der Waals surface area contributed by atoms with Crippen LogP contribution in [-0.2, 0) is 9.53 Å². The van der Waals surface area contributed by atoms with Crippen molar-refractivity contribution in [3.63, 3.8) is 0 Å². The lowest BCUT2D eigenvalue weighted by atomic mass is 9.96. The first-order valence-electron chi connectivity index (χ1n) is 7.86. The number of amides is 1. The van der Waals surface area contributed by atoms with Crippen LogP contribution in [-0.4, -0.2) is 48.4 Å². The van der Waals surface area contributed by atoms with E-state index in [1.54, 1.807) is 6.07 Å². The summed E-state index contributed by atoms with van der Waals surface area (Å²) >= 11 is 5.75. The Labute approximate surface area is 135 Å². The van der Waals surface area contributed by atoms with E-state index in [1.165, 1.54) is 0 Å². The van der Waals surface area contributed by atoms with Crippen molar-refractivity contribution in [1.29, 1.82) is 0 Å². The van der Waals surface area contributed by atoms with E-state index in [0.717, 1.165) is 51.2 Å². The molecule has 1 N–H and O–H groups in total. The second kappa shape index (κ2) is 7.24. The molecule has 2 aliphatic rings. The molecule has 1 aromatic rings. The summed E-state index contributed by atoms with van der Waals surface area (Å²) in [6.07, 6.45) is 4.02. The van der Waals surface area contributed by atoms with Crippen LogP contribution in [0.3, 0.4) is 0 Å². The Morgan fingerprint density at radius 3 is 2.77 bits per heavy atom. The maximum Gasteiger partial charge on any atom is 0.223 e. The second-order valence-electron chi connectivity index (χ2n) is 5.86. The molecule has 1 aromatic heterocycles. The Morgan fingerprint density at radius 1 is 1.32 bits per heavy atom. The third-order valence-corrected chi connectivity index (χ3v) is 4.54. The average Bonchev–Trinajstić information content (AvgIpc) is 3.07. The summed E-state index contributed by atoms with van der Waals surface area (Å²) in [7, 11) is 0. The highest BCUT2D eigenvalue weighted by atomic mass is 35.5. The van der Waals surface area contributed by atoms with Crippen molar-refractivity contribution < 1.29 is 9.53 Å². The third kappa shape index (κ3) is 3.87. The summed E-state index contributed by atoms with van der Waals surface area (Å²) < 4.78 is 5.53. The molecular formula is C15H21ClN4O2. The van der Waals surface area contributed by atoms with Gasteiger partial charge in [-0.2, -0.15) is 0 Å². The summed E-state index contributed by atoms with van der Waals surface area (Å²) in [5.41, 5.74) is 0. The summed E-state index contributed by atoms with van der Waals surface area (Å²) in [5.74, 6) is 1.05. The van der Waals surface area contributed by atoms with Crippen LogP contribution in [0.4, 0.5) is 5.82 Å². The molecule has 2 fully saturated rings. The Morgan fingerprint density at radius 2 is 2.14 bits per heavy atom. The summed E-state index contributed by atoms with van der Waals surface area (Å²) in [6.45, 7) is 3.09. The van der Waals surface area contributed by atoms with Crippen molar-refractivity contribution >= 4 is 23.3 Å². The van der Waals surface area contributed by atoms with Gasteiger partial charge in [0.05, 0.1) is 6.10 Å². The van der Waals surface area contributed by atoms with Crippen LogP contribution in [0.25, 0.3) is 0 Å². The smallest absolute Gasteiger partial charge is 0.223 e. The van der Waals surface area contributed by atoms with Crippen LogP contribution >= 0.6 is 11.6 Å². The molecule has 0 saturated carbocycles. The minimum absolute atomic E-state index is 0.0814. The van der Waals surface area contributed by atoms with Gasteiger partial charge in [0.15, 0.2) is 11.0 Å². The summed E-state index contributed by atoms with van der Waals surface area (Å²) in [4.78, 5) is 14.4. The number of rotatable bonds is 4. The minimum Gasteiger partial charge on any atom is -0.376 e. The van der Waals surface area contributed by atoms with Gasteiger partial charge in [-0.1, -0.05) is 11.6 Å². The fourth-order valence-electron chi connectivity index (χ4n) is 3.01. The lowest BCUT2D eigenvalue weighted by molar-refractivity contribution is -0.126. The van der Waals surface area contributed by atoms with Gasteiger partial charge in [0.1, 0.15) is 0 Å². The lowest BCUT2D eigenvalue weighted by Crippen LogP contribution is -2.42. The highest BCUT2D eigenvalue weighted by molar-refractivity contribution is 6.29. The van der Waals surface area contributed by atoms with Crippen LogP contribution in [0.15, 0.2) is 12.1 Å². The number of hydrogen-bond acceptors (Lipinski definition) is 5. The molecule has 0 aliphatic carbocycles. The molecule has 22 heavy (non-hydrogen) atoms. The van der Waals surface area contributed by atoms with Gasteiger partial charge in [-0.3, -0.25) is 4.79 Å². The maximum atomic E-state index is 12.2. The van der Waals surface area contributed by atoms with Crippen molar-refractivity contribution in [2.75, 3.05) is 31.1 Å². The molecule has 1 atom stereocenters. The van der Waals surface area contributed by atoms with E-state index >= 15 is 0 Å². The monoisotopic (exact) mass is 324 g/mol. The van der Waals surface area contributed by atoms with Crippen LogP contribution in [0.5, 0.6) is 0 Å². The minimum atomic E-state index is 0.0814. The van der Waals surface area contributed by atoms with Crippen molar-refractivity contribution in [3.05, 3.63) is 17.3 Å². The molecule has 0 unspecified atom stereocenters. The quantitative estimate of drug-likeness (QED) is 0.912. The van der Waals surface area contributed by atoms with Gasteiger partial charge in [-0.05, 0) is 37.8 Å². The summed E-state index contributed by atoms with van der Waals surface area (Å²) in [5, 5.41) is 11.4. The van der Waals surface area contributed by atoms with Gasteiger partial charge in [-0.25, -0.2) is 0 Å². The Hall–Kier alpha value is -1.40. The van der Waals surface area contributed by atoms with E-state index in [0.29, 0.717) is 11.7 Å². The highest BCUT2D eigenvalue weighted by Gasteiger charge is 2.26. The van der Waals surface area contributed by atoms with Crippen molar-refractivity contribution in [2.45, 2.75) is 31.8 Å². The topological polar surface area (TPSA) is 67.3 Å². The third-order valence-electron chi connectivity index (χ3n) is 4.34. The number of anilines is 1. The van der Waals surface area contributed by atoms with Gasteiger partial charge in [-0.15, -0.1) is 10.2 Å². The molecule has 7 heteroatoms. The van der Waals surface area contributed by atoms with Gasteiger partial charge in [0.25, 0.3) is 0 Å². The zero-order valence-electron chi connectivity index (χ0n) is 12.5. The average molecular weight is 325 g/mol. The Bertz CT molecular complexity index is 497. The molecular weight excluding hydrogens is 304 g/mol. The van der Waals surface area contributed by atoms with Crippen LogP contribution in [0.1, 0.15) is 25.7 Å². The molecule has 2 aliphatic heterocycles. The number of halogens is 1. The molecule has 0 aromatic carbocycles. The number of carbonyl (C=O) groups is 1. The molecule has 6 nitrogen and oxygen atoms in total. The standard InChI is InChI=1S/C15H21ClN4O2/c16-13-3-4-14(19-18-13)20-7-5-11(6-8-20)15(21)17-10-12-2-1-9-22-12/h3-4,11-12H,1-2,5-10H2,(H,17,21)/t12-/m1/s1. The largest absolute Gasteiger partial charge is 0.376 e. The van der Waals surface area contributed by atoms with E-state index in [2.05, 4.69) is 20.4 Å². The Balaban J connectivity index is 1.44. The zero-order valence-corrected chi connectivity index (χ0v) is 13.3. The normalized spacial score (nSPS) is 22.8. The lowest BCUT2D eigenvalue weighted by Gasteiger charge is -2.31. The van der Waals surface area contributed by atoms with Crippen molar-refractivity contribution in [2.24, 2.45) is 5.92 Å². The van der Waals surface area contributed by atoms with E-state index in [1.807, 2.05) is 6.07 Å². The first kappa shape index (κ1) is 15.5. The van der Waals surface area contributed by atoms with E-state index in [4.69, 9.17) is 16.3 Å². The van der Waals surface area contributed by atoms with Gasteiger partial charge in [0, 0.05) is 32.2 Å². The SMILES string of the molecule is O=C(NC[C@H]1CCCO1)C1CCN(c2ccc(Cl)nn2)CC1. The molecule has 0 radical (unpaired) electrons. The van der Waals surface area contributed by atoms with Crippen molar-refractivity contribution in [3.8, 4) is 0 Å². The van der Waals surface area contributed by atoms with Crippen LogP contribution in [0, 0.1) is 5.92 Å². The zero-order chi connectivity index (χ0) is 15.4. The van der Waals surface area contributed by atoms with Crippen molar-refractivity contribution in [1.82, 2.24) is 15.5 Å². The maximum absolute atomic E-state index is 12.2. The van der Waals surface area contributed by atoms with E-state index < -0.39 is 0 Å². The number of aromatic nitrogens is 2. The first-order valence-corrected chi connectivity index (χ1v) is 8.23.